The van der Waals surface area contributed by atoms with Crippen LogP contribution in [-0.2, 0) is 18.4 Å². The van der Waals surface area contributed by atoms with Crippen LogP contribution < -0.4 is 0 Å². The number of nitrogens with zero attached hydrogens (tertiary/aromatic N) is 2. The van der Waals surface area contributed by atoms with Gasteiger partial charge in [0.1, 0.15) is 5.69 Å². The van der Waals surface area contributed by atoms with Crippen LogP contribution in [0.3, 0.4) is 0 Å². The highest BCUT2D eigenvalue weighted by Crippen LogP contribution is 2.13. The molecule has 0 saturated carbocycles. The summed E-state index contributed by atoms with van der Waals surface area (Å²) in [6.07, 6.45) is 0.502. The molecule has 122 valence electrons. The predicted octanol–water partition coefficient (Wildman–Crippen LogP) is 2.84. The highest BCUT2D eigenvalue weighted by molar-refractivity contribution is 5.93. The highest BCUT2D eigenvalue weighted by atomic mass is 16.4. The number of carboxylic acids is 1. The fourth-order valence-corrected chi connectivity index (χ4v) is 2.47. The number of aryl methyl sites for hydroxylation is 1. The SMILES string of the molecule is Cc1ccc(C(=O)N(CCCC(=O)O)Cc2ccccc2)n1C. The van der Waals surface area contributed by atoms with Gasteiger partial charge < -0.3 is 14.6 Å². The standard InChI is InChI=1S/C18H22N2O3/c1-14-10-11-16(19(14)2)18(23)20(12-6-9-17(21)22)13-15-7-4-3-5-8-15/h3-5,7-8,10-11H,6,9,12-13H2,1-2H3,(H,21,22). The third-order valence-corrected chi connectivity index (χ3v) is 3.91. The molecule has 0 aliphatic rings. The Labute approximate surface area is 136 Å². The number of carbonyl (C=O) groups is 2. The molecule has 2 aromatic rings. The maximum Gasteiger partial charge on any atom is 0.303 e. The summed E-state index contributed by atoms with van der Waals surface area (Å²) in [5.74, 6) is -0.915. The molecule has 1 N–H and O–H groups in total. The zero-order valence-corrected chi connectivity index (χ0v) is 13.5. The van der Waals surface area contributed by atoms with E-state index in [1.165, 1.54) is 0 Å². The van der Waals surface area contributed by atoms with Gasteiger partial charge in [0.2, 0.25) is 0 Å². The summed E-state index contributed by atoms with van der Waals surface area (Å²) >= 11 is 0. The van der Waals surface area contributed by atoms with Gasteiger partial charge in [-0.25, -0.2) is 0 Å². The lowest BCUT2D eigenvalue weighted by Gasteiger charge is -2.23. The van der Waals surface area contributed by atoms with Crippen LogP contribution in [0.5, 0.6) is 0 Å². The first-order chi connectivity index (χ1) is 11.0. The van der Waals surface area contributed by atoms with Gasteiger partial charge in [0, 0.05) is 32.3 Å². The Hall–Kier alpha value is -2.56. The highest BCUT2D eigenvalue weighted by Gasteiger charge is 2.19. The van der Waals surface area contributed by atoms with E-state index in [0.717, 1.165) is 11.3 Å². The second-order valence-electron chi connectivity index (χ2n) is 5.63. The van der Waals surface area contributed by atoms with Gasteiger partial charge in [-0.15, -0.1) is 0 Å². The number of hydrogen-bond donors (Lipinski definition) is 1. The quantitative estimate of drug-likeness (QED) is 0.855. The molecule has 5 heteroatoms. The van der Waals surface area contributed by atoms with Crippen LogP contribution in [0, 0.1) is 6.92 Å². The second kappa shape index (κ2) is 7.63. The van der Waals surface area contributed by atoms with Crippen LogP contribution in [-0.4, -0.2) is 33.0 Å². The molecule has 0 bridgehead atoms. The number of carbonyl (C=O) groups excluding carboxylic acids is 1. The Morgan fingerprint density at radius 2 is 1.83 bits per heavy atom. The average molecular weight is 314 g/mol. The Morgan fingerprint density at radius 3 is 2.39 bits per heavy atom. The van der Waals surface area contributed by atoms with Gasteiger partial charge in [-0.1, -0.05) is 30.3 Å². The van der Waals surface area contributed by atoms with Gasteiger partial charge in [-0.3, -0.25) is 9.59 Å². The predicted molar refractivity (Wildman–Crippen MR) is 88.2 cm³/mol. The van der Waals surface area contributed by atoms with Crippen molar-refractivity contribution in [3.63, 3.8) is 0 Å². The molecule has 23 heavy (non-hydrogen) atoms. The van der Waals surface area contributed by atoms with Crippen LogP contribution in [0.15, 0.2) is 42.5 Å². The molecule has 0 atom stereocenters. The molecular weight excluding hydrogens is 292 g/mol. The fraction of sp³-hybridized carbons (Fsp3) is 0.333. The van der Waals surface area contributed by atoms with Gasteiger partial charge >= 0.3 is 5.97 Å². The summed E-state index contributed by atoms with van der Waals surface area (Å²) in [5, 5.41) is 8.81. The van der Waals surface area contributed by atoms with E-state index in [1.807, 2.05) is 61.0 Å². The smallest absolute Gasteiger partial charge is 0.303 e. The van der Waals surface area contributed by atoms with Crippen molar-refractivity contribution in [3.8, 4) is 0 Å². The van der Waals surface area contributed by atoms with Crippen LogP contribution in [0.25, 0.3) is 0 Å². The number of aliphatic carboxylic acids is 1. The topological polar surface area (TPSA) is 62.5 Å². The number of amides is 1. The minimum absolute atomic E-state index is 0.0603. The summed E-state index contributed by atoms with van der Waals surface area (Å²) in [4.78, 5) is 25.3. The molecular formula is C18H22N2O3. The number of benzene rings is 1. The van der Waals surface area contributed by atoms with Gasteiger partial charge in [0.05, 0.1) is 0 Å². The fourth-order valence-electron chi connectivity index (χ4n) is 2.47. The lowest BCUT2D eigenvalue weighted by atomic mass is 10.2. The van der Waals surface area contributed by atoms with E-state index in [9.17, 15) is 9.59 Å². The van der Waals surface area contributed by atoms with Crippen molar-refractivity contribution in [2.24, 2.45) is 7.05 Å². The second-order valence-corrected chi connectivity index (χ2v) is 5.63. The Bertz CT molecular complexity index is 677. The molecule has 1 amide bonds. The molecule has 1 heterocycles. The van der Waals surface area contributed by atoms with Gasteiger partial charge in [0.25, 0.3) is 5.91 Å². The number of carboxylic acid groups (broad SMARTS) is 1. The molecule has 1 aromatic heterocycles. The van der Waals surface area contributed by atoms with Gasteiger partial charge in [0.15, 0.2) is 0 Å². The maximum atomic E-state index is 12.8. The minimum Gasteiger partial charge on any atom is -0.481 e. The van der Waals surface area contributed by atoms with E-state index in [2.05, 4.69) is 0 Å². The van der Waals surface area contributed by atoms with Crippen LogP contribution in [0.4, 0.5) is 0 Å². The molecule has 0 aliphatic heterocycles. The molecule has 0 aliphatic carbocycles. The van der Waals surface area contributed by atoms with E-state index >= 15 is 0 Å². The van der Waals surface area contributed by atoms with E-state index in [4.69, 9.17) is 5.11 Å². The first-order valence-electron chi connectivity index (χ1n) is 7.66. The van der Waals surface area contributed by atoms with Crippen molar-refractivity contribution in [2.75, 3.05) is 6.54 Å². The molecule has 5 nitrogen and oxygen atoms in total. The molecule has 0 spiro atoms. The number of aromatic nitrogens is 1. The van der Waals surface area contributed by atoms with Crippen molar-refractivity contribution < 1.29 is 14.7 Å². The van der Waals surface area contributed by atoms with Crippen LogP contribution in [0.1, 0.15) is 34.6 Å². The van der Waals surface area contributed by atoms with E-state index in [0.29, 0.717) is 25.2 Å². The van der Waals surface area contributed by atoms with Crippen LogP contribution >= 0.6 is 0 Å². The number of hydrogen-bond acceptors (Lipinski definition) is 2. The largest absolute Gasteiger partial charge is 0.481 e. The molecule has 1 aromatic carbocycles. The third-order valence-electron chi connectivity index (χ3n) is 3.91. The Balaban J connectivity index is 2.16. The summed E-state index contributed by atoms with van der Waals surface area (Å²) in [5.41, 5.74) is 2.66. The third kappa shape index (κ3) is 4.45. The molecule has 0 unspecified atom stereocenters. The Kier molecular flexibility index (Phi) is 5.57. The minimum atomic E-state index is -0.841. The lowest BCUT2D eigenvalue weighted by molar-refractivity contribution is -0.137. The monoisotopic (exact) mass is 314 g/mol. The summed E-state index contributed by atoms with van der Waals surface area (Å²) in [7, 11) is 1.86. The van der Waals surface area contributed by atoms with Crippen molar-refractivity contribution in [1.82, 2.24) is 9.47 Å². The molecule has 0 radical (unpaired) electrons. The first kappa shape index (κ1) is 16.8. The zero-order chi connectivity index (χ0) is 16.8. The van der Waals surface area contributed by atoms with Gasteiger partial charge in [-0.05, 0) is 31.0 Å². The Morgan fingerprint density at radius 1 is 1.13 bits per heavy atom. The van der Waals surface area contributed by atoms with Crippen LogP contribution in [0.2, 0.25) is 0 Å². The van der Waals surface area contributed by atoms with E-state index in [1.54, 1.807) is 4.90 Å². The zero-order valence-electron chi connectivity index (χ0n) is 13.5. The maximum absolute atomic E-state index is 12.8. The number of rotatable bonds is 7. The van der Waals surface area contributed by atoms with Crippen molar-refractivity contribution in [1.29, 1.82) is 0 Å². The van der Waals surface area contributed by atoms with Crippen molar-refractivity contribution in [3.05, 3.63) is 59.4 Å². The van der Waals surface area contributed by atoms with E-state index in [-0.39, 0.29) is 12.3 Å². The van der Waals surface area contributed by atoms with E-state index < -0.39 is 5.97 Å². The molecule has 2 rings (SSSR count). The van der Waals surface area contributed by atoms with Gasteiger partial charge in [-0.2, -0.15) is 0 Å². The molecule has 0 fully saturated rings. The molecule has 0 saturated heterocycles. The normalized spacial score (nSPS) is 10.5. The summed E-state index contributed by atoms with van der Waals surface area (Å²) in [6, 6.07) is 13.4. The summed E-state index contributed by atoms with van der Waals surface area (Å²) in [6.45, 7) is 2.84. The van der Waals surface area contributed by atoms with Crippen molar-refractivity contribution >= 4 is 11.9 Å². The first-order valence-corrected chi connectivity index (χ1v) is 7.66. The summed E-state index contributed by atoms with van der Waals surface area (Å²) < 4.78 is 1.86. The lowest BCUT2D eigenvalue weighted by Crippen LogP contribution is -2.33. The van der Waals surface area contributed by atoms with Crippen molar-refractivity contribution in [2.45, 2.75) is 26.3 Å². The average Bonchev–Trinajstić information content (AvgIpc) is 2.86.